The van der Waals surface area contributed by atoms with Crippen LogP contribution in [0.4, 0.5) is 0 Å². The van der Waals surface area contributed by atoms with Gasteiger partial charge in [0, 0.05) is 0 Å². The molecule has 4 aromatic carbocycles. The molecule has 2 saturated carbocycles. The van der Waals surface area contributed by atoms with Crippen molar-refractivity contribution in [1.82, 2.24) is 0 Å². The first kappa shape index (κ1) is 29.6. The molecule has 0 N–H and O–H groups in total. The second-order valence-electron chi connectivity index (χ2n) is 10.2. The molecule has 0 aliphatic heterocycles. The SMILES string of the molecule is C[Si](C)=[Zr+2].Cc1ccc(C)c2[cH-]c(C3CC3)cc12.Cc1ccc(C)c2[cH-]c(C3CC3)cc12.Cl.Cl. The number of hydrogen-bond donors (Lipinski definition) is 0. The molecule has 2 aliphatic carbocycles. The minimum absolute atomic E-state index is 0. The Balaban J connectivity index is 0.000000198. The third-order valence-corrected chi connectivity index (χ3v) is 6.79. The van der Waals surface area contributed by atoms with E-state index in [1.807, 2.05) is 0 Å². The fraction of sp³-hybridized carbons (Fsp3) is 0.400. The van der Waals surface area contributed by atoms with Crippen LogP contribution in [0.1, 0.15) is 70.9 Å². The van der Waals surface area contributed by atoms with Gasteiger partial charge in [-0.05, 0) is 51.4 Å². The molecule has 0 aromatic heterocycles. The van der Waals surface area contributed by atoms with E-state index in [2.05, 4.69) is 89.3 Å². The molecule has 6 rings (SSSR count). The summed E-state index contributed by atoms with van der Waals surface area (Å²) < 4.78 is 0. The van der Waals surface area contributed by atoms with Crippen molar-refractivity contribution in [3.63, 3.8) is 0 Å². The molecule has 34 heavy (non-hydrogen) atoms. The molecular formula is C30H38Cl2SiZr. The first-order chi connectivity index (χ1) is 15.2. The van der Waals surface area contributed by atoms with Gasteiger partial charge < -0.3 is 0 Å². The summed E-state index contributed by atoms with van der Waals surface area (Å²) in [5.41, 5.74) is 9.00. The van der Waals surface area contributed by atoms with Gasteiger partial charge in [-0.15, -0.1) is 92.9 Å². The van der Waals surface area contributed by atoms with Gasteiger partial charge in [0.25, 0.3) is 0 Å². The first-order valence-corrected chi connectivity index (χ1v) is 18.3. The van der Waals surface area contributed by atoms with Crippen LogP contribution in [0.3, 0.4) is 0 Å². The quantitative estimate of drug-likeness (QED) is 0.162. The van der Waals surface area contributed by atoms with Gasteiger partial charge in [0.1, 0.15) is 0 Å². The maximum Gasteiger partial charge on any atom is -0.0340 e. The van der Waals surface area contributed by atoms with E-state index in [0.29, 0.717) is 0 Å². The third-order valence-electron chi connectivity index (χ3n) is 6.79. The van der Waals surface area contributed by atoms with Crippen molar-refractivity contribution < 1.29 is 23.3 Å². The number of fused-ring (bicyclic) bond motifs is 2. The summed E-state index contributed by atoms with van der Waals surface area (Å²) in [7, 11) is 0. The van der Waals surface area contributed by atoms with E-state index in [9.17, 15) is 0 Å². The molecule has 0 atom stereocenters. The van der Waals surface area contributed by atoms with Crippen molar-refractivity contribution in [2.75, 3.05) is 0 Å². The van der Waals surface area contributed by atoms with Crippen LogP contribution in [0.5, 0.6) is 0 Å². The van der Waals surface area contributed by atoms with Crippen LogP contribution in [0.25, 0.3) is 21.5 Å². The zero-order chi connectivity index (χ0) is 23.0. The van der Waals surface area contributed by atoms with Crippen molar-refractivity contribution in [2.24, 2.45) is 0 Å². The van der Waals surface area contributed by atoms with Crippen LogP contribution >= 0.6 is 24.8 Å². The fourth-order valence-electron chi connectivity index (χ4n) is 4.53. The standard InChI is InChI=1S/2C14H15.C2H6Si.2ClH.Zr/c2*1-9-3-4-10(2)14-8-12(7-13(9)14)11-5-6-11;1-3-2;;;/h2*3-4,7-8,11H,5-6H2,1-2H3;1-2H3;2*1H;/q2*-1;;;;+2. The Hall–Kier alpha value is -0.660. The Bertz CT molecular complexity index is 1100. The van der Waals surface area contributed by atoms with Gasteiger partial charge in [-0.3, -0.25) is 0 Å². The molecule has 0 nitrogen and oxygen atoms in total. The molecular weight excluding hydrogens is 551 g/mol. The maximum absolute atomic E-state index is 2.40. The zero-order valence-electron chi connectivity index (χ0n) is 21.4. The van der Waals surface area contributed by atoms with Gasteiger partial charge in [-0.2, -0.15) is 12.1 Å². The maximum atomic E-state index is 2.40. The molecule has 4 heteroatoms. The van der Waals surface area contributed by atoms with E-state index >= 15 is 0 Å². The van der Waals surface area contributed by atoms with Crippen molar-refractivity contribution in [3.8, 4) is 0 Å². The van der Waals surface area contributed by atoms with Gasteiger partial charge in [-0.1, -0.05) is 37.1 Å². The largest absolute Gasteiger partial charge is 0.164 e. The Labute approximate surface area is 233 Å². The van der Waals surface area contributed by atoms with Crippen LogP contribution in [-0.4, -0.2) is 5.43 Å². The molecule has 0 bridgehead atoms. The predicted octanol–water partition coefficient (Wildman–Crippen LogP) is 9.73. The molecule has 0 radical (unpaired) electrons. The fourth-order valence-corrected chi connectivity index (χ4v) is 4.53. The summed E-state index contributed by atoms with van der Waals surface area (Å²) >= 11 is 1.74. The normalized spacial score (nSPS) is 14.4. The van der Waals surface area contributed by atoms with E-state index in [1.54, 1.807) is 34.5 Å². The number of hydrogen-bond acceptors (Lipinski definition) is 0. The van der Waals surface area contributed by atoms with E-state index < -0.39 is 0 Å². The Kier molecular flexibility index (Phi) is 10.9. The topological polar surface area (TPSA) is 0 Å². The molecule has 0 unspecified atom stereocenters. The van der Waals surface area contributed by atoms with E-state index in [-0.39, 0.29) is 30.2 Å². The van der Waals surface area contributed by atoms with E-state index in [4.69, 9.17) is 0 Å². The molecule has 2 aliphatic rings. The smallest absolute Gasteiger partial charge is 0.0340 e. The minimum Gasteiger partial charge on any atom is -0.164 e. The third kappa shape index (κ3) is 7.19. The van der Waals surface area contributed by atoms with Crippen LogP contribution in [-0.2, 0) is 23.3 Å². The van der Waals surface area contributed by atoms with Crippen molar-refractivity contribution >= 4 is 51.8 Å². The summed E-state index contributed by atoms with van der Waals surface area (Å²) in [6.45, 7) is 13.4. The number of aryl methyl sites for hydroxylation is 4. The zero-order valence-corrected chi connectivity index (χ0v) is 26.5. The molecule has 4 aromatic rings. The summed E-state index contributed by atoms with van der Waals surface area (Å²) in [4.78, 5) is 0. The second kappa shape index (κ2) is 12.5. The van der Waals surface area contributed by atoms with Gasteiger partial charge in [0.2, 0.25) is 0 Å². The molecule has 2 fully saturated rings. The monoisotopic (exact) mass is 586 g/mol. The molecule has 0 spiro atoms. The number of rotatable bonds is 2. The van der Waals surface area contributed by atoms with Crippen molar-refractivity contribution in [3.05, 3.63) is 81.9 Å². The summed E-state index contributed by atoms with van der Waals surface area (Å²) in [6, 6.07) is 18.5. The molecule has 180 valence electrons. The number of benzene rings is 2. The van der Waals surface area contributed by atoms with Crippen LogP contribution in [0.2, 0.25) is 13.1 Å². The van der Waals surface area contributed by atoms with Crippen molar-refractivity contribution in [1.29, 1.82) is 0 Å². The average molecular weight is 589 g/mol. The second-order valence-corrected chi connectivity index (χ2v) is 19.6. The Morgan fingerprint density at radius 3 is 1.21 bits per heavy atom. The summed E-state index contributed by atoms with van der Waals surface area (Å²) in [5.74, 6) is 1.75. The minimum atomic E-state index is 0. The first-order valence-electron chi connectivity index (χ1n) is 12.1. The van der Waals surface area contributed by atoms with Gasteiger partial charge in [0.05, 0.1) is 0 Å². The molecule has 0 saturated heterocycles. The molecule has 0 heterocycles. The van der Waals surface area contributed by atoms with Gasteiger partial charge in [0.15, 0.2) is 0 Å². The Morgan fingerprint density at radius 2 is 0.941 bits per heavy atom. The number of halogens is 2. The van der Waals surface area contributed by atoms with E-state index in [1.165, 1.54) is 69.5 Å². The predicted molar refractivity (Wildman–Crippen MR) is 154 cm³/mol. The molecule has 0 amide bonds. The van der Waals surface area contributed by atoms with Crippen LogP contribution in [0.15, 0.2) is 48.5 Å². The van der Waals surface area contributed by atoms with Gasteiger partial charge >= 0.3 is 41.9 Å². The van der Waals surface area contributed by atoms with Gasteiger partial charge in [-0.25, -0.2) is 0 Å². The Morgan fingerprint density at radius 1 is 0.647 bits per heavy atom. The van der Waals surface area contributed by atoms with Crippen molar-refractivity contribution in [2.45, 2.75) is 78.3 Å². The van der Waals surface area contributed by atoms with Crippen LogP contribution < -0.4 is 0 Å². The summed E-state index contributed by atoms with van der Waals surface area (Å²) in [5, 5.41) is 5.86. The average Bonchev–Trinajstić information content (AvgIpc) is 3.68. The van der Waals surface area contributed by atoms with E-state index in [0.717, 1.165) is 11.8 Å². The summed E-state index contributed by atoms with van der Waals surface area (Å²) in [6.07, 6.45) is 5.59. The van der Waals surface area contributed by atoms with Crippen LogP contribution in [0, 0.1) is 27.7 Å².